The molecule has 0 saturated heterocycles. The van der Waals surface area contributed by atoms with E-state index in [2.05, 4.69) is 15.2 Å². The zero-order valence-corrected chi connectivity index (χ0v) is 9.65. The molecule has 0 spiro atoms. The third kappa shape index (κ3) is 1.60. The van der Waals surface area contributed by atoms with Crippen molar-refractivity contribution in [3.8, 4) is 0 Å². The molecule has 7 heteroatoms. The SMILES string of the molecule is Nc1c(/N=N/c2cccnc2)c(=O)n2n1CCC2. The molecule has 1 aliphatic heterocycles. The van der Waals surface area contributed by atoms with Crippen LogP contribution in [0.1, 0.15) is 6.42 Å². The van der Waals surface area contributed by atoms with Crippen molar-refractivity contribution in [2.75, 3.05) is 5.73 Å². The minimum atomic E-state index is -0.183. The minimum absolute atomic E-state index is 0.183. The Hall–Kier alpha value is -2.44. The van der Waals surface area contributed by atoms with Crippen molar-refractivity contribution in [1.82, 2.24) is 14.3 Å². The maximum atomic E-state index is 12.0. The van der Waals surface area contributed by atoms with Crippen LogP contribution in [0.25, 0.3) is 0 Å². The van der Waals surface area contributed by atoms with Gasteiger partial charge >= 0.3 is 0 Å². The number of nitrogen functional groups attached to an aromatic ring is 1. The number of azo groups is 1. The standard InChI is InChI=1S/C11H12N6O/c12-10-9(11(18)17-6-2-5-16(10)17)15-14-8-3-1-4-13-7-8/h1,3-4,7H,2,5-6,12H2/b15-14+. The molecule has 0 aromatic carbocycles. The Bertz CT molecular complexity index is 654. The van der Waals surface area contributed by atoms with Crippen LogP contribution in [0.15, 0.2) is 39.5 Å². The van der Waals surface area contributed by atoms with Crippen LogP contribution in [-0.4, -0.2) is 14.3 Å². The van der Waals surface area contributed by atoms with Gasteiger partial charge in [-0.2, -0.15) is 0 Å². The largest absolute Gasteiger partial charge is 0.382 e. The van der Waals surface area contributed by atoms with Crippen LogP contribution >= 0.6 is 0 Å². The fourth-order valence-electron chi connectivity index (χ4n) is 2.04. The van der Waals surface area contributed by atoms with E-state index in [9.17, 15) is 4.79 Å². The first-order chi connectivity index (χ1) is 8.77. The molecular formula is C11H12N6O. The van der Waals surface area contributed by atoms with Gasteiger partial charge in [0.2, 0.25) is 0 Å². The van der Waals surface area contributed by atoms with Gasteiger partial charge in [-0.25, -0.2) is 4.68 Å². The van der Waals surface area contributed by atoms with Gasteiger partial charge in [-0.05, 0) is 18.6 Å². The van der Waals surface area contributed by atoms with Crippen LogP contribution in [0, 0.1) is 0 Å². The van der Waals surface area contributed by atoms with Crippen LogP contribution in [0.3, 0.4) is 0 Å². The van der Waals surface area contributed by atoms with Crippen molar-refractivity contribution in [1.29, 1.82) is 0 Å². The van der Waals surface area contributed by atoms with E-state index in [0.29, 0.717) is 18.1 Å². The van der Waals surface area contributed by atoms with E-state index < -0.39 is 0 Å². The average Bonchev–Trinajstić information content (AvgIpc) is 2.95. The third-order valence-corrected chi connectivity index (χ3v) is 2.90. The molecular weight excluding hydrogens is 232 g/mol. The minimum Gasteiger partial charge on any atom is -0.382 e. The molecule has 3 rings (SSSR count). The Kier molecular flexibility index (Phi) is 2.44. The van der Waals surface area contributed by atoms with Gasteiger partial charge in [0.05, 0.1) is 6.20 Å². The van der Waals surface area contributed by atoms with E-state index in [-0.39, 0.29) is 11.2 Å². The second-order valence-electron chi connectivity index (χ2n) is 4.05. The first-order valence-electron chi connectivity index (χ1n) is 5.68. The summed E-state index contributed by atoms with van der Waals surface area (Å²) in [5.41, 5.74) is 6.51. The highest BCUT2D eigenvalue weighted by atomic mass is 16.1. The van der Waals surface area contributed by atoms with Gasteiger partial charge in [0, 0.05) is 19.3 Å². The highest BCUT2D eigenvalue weighted by molar-refractivity contribution is 5.57. The van der Waals surface area contributed by atoms with Crippen LogP contribution in [-0.2, 0) is 13.1 Å². The van der Waals surface area contributed by atoms with Crippen molar-refractivity contribution in [3.05, 3.63) is 34.9 Å². The fraction of sp³-hybridized carbons (Fsp3) is 0.273. The zero-order valence-electron chi connectivity index (χ0n) is 9.65. The van der Waals surface area contributed by atoms with Crippen molar-refractivity contribution < 1.29 is 0 Å². The molecule has 18 heavy (non-hydrogen) atoms. The number of aromatic nitrogens is 3. The summed E-state index contributed by atoms with van der Waals surface area (Å²) in [7, 11) is 0. The zero-order chi connectivity index (χ0) is 12.5. The Morgan fingerprint density at radius 1 is 1.28 bits per heavy atom. The number of hydrogen-bond acceptors (Lipinski definition) is 5. The maximum Gasteiger partial charge on any atom is 0.296 e. The molecule has 0 unspecified atom stereocenters. The van der Waals surface area contributed by atoms with Crippen LogP contribution in [0.5, 0.6) is 0 Å². The van der Waals surface area contributed by atoms with Crippen LogP contribution in [0.4, 0.5) is 17.2 Å². The monoisotopic (exact) mass is 244 g/mol. The van der Waals surface area contributed by atoms with Gasteiger partial charge in [0.15, 0.2) is 11.5 Å². The van der Waals surface area contributed by atoms with Gasteiger partial charge in [-0.3, -0.25) is 14.5 Å². The topological polar surface area (TPSA) is 90.6 Å². The van der Waals surface area contributed by atoms with Crippen molar-refractivity contribution >= 4 is 17.2 Å². The van der Waals surface area contributed by atoms with Crippen LogP contribution in [0.2, 0.25) is 0 Å². The molecule has 0 atom stereocenters. The quantitative estimate of drug-likeness (QED) is 0.810. The van der Waals surface area contributed by atoms with Crippen LogP contribution < -0.4 is 11.3 Å². The molecule has 7 nitrogen and oxygen atoms in total. The number of hydrogen-bond donors (Lipinski definition) is 1. The first-order valence-corrected chi connectivity index (χ1v) is 5.68. The molecule has 0 aliphatic carbocycles. The van der Waals surface area contributed by atoms with Gasteiger partial charge in [0.25, 0.3) is 5.56 Å². The van der Waals surface area contributed by atoms with E-state index in [1.807, 2.05) is 0 Å². The summed E-state index contributed by atoms with van der Waals surface area (Å²) in [6.07, 6.45) is 4.15. The number of rotatable bonds is 2. The van der Waals surface area contributed by atoms with Gasteiger partial charge in [0.1, 0.15) is 5.69 Å². The number of pyridine rings is 1. The third-order valence-electron chi connectivity index (χ3n) is 2.90. The molecule has 2 N–H and O–H groups in total. The van der Waals surface area contributed by atoms with E-state index >= 15 is 0 Å². The summed E-state index contributed by atoms with van der Waals surface area (Å²) in [6.45, 7) is 1.44. The maximum absolute atomic E-state index is 12.0. The molecule has 2 aromatic heterocycles. The fourth-order valence-corrected chi connectivity index (χ4v) is 2.04. The molecule has 0 saturated carbocycles. The van der Waals surface area contributed by atoms with E-state index in [4.69, 9.17) is 5.73 Å². The molecule has 0 bridgehead atoms. The Labute approximate surface area is 103 Å². The molecule has 1 aliphatic rings. The van der Waals surface area contributed by atoms with Crippen molar-refractivity contribution in [2.45, 2.75) is 19.5 Å². The first kappa shape index (κ1) is 10.7. The summed E-state index contributed by atoms with van der Waals surface area (Å²) >= 11 is 0. The Morgan fingerprint density at radius 2 is 2.11 bits per heavy atom. The highest BCUT2D eigenvalue weighted by Gasteiger charge is 2.21. The lowest BCUT2D eigenvalue weighted by atomic mass is 10.4. The lowest BCUT2D eigenvalue weighted by Crippen LogP contribution is -2.16. The number of fused-ring (bicyclic) bond motifs is 1. The molecule has 3 heterocycles. The predicted octanol–water partition coefficient (Wildman–Crippen LogP) is 1.45. The van der Waals surface area contributed by atoms with Gasteiger partial charge in [-0.1, -0.05) is 0 Å². The summed E-state index contributed by atoms with van der Waals surface area (Å²) in [5.74, 6) is 0.380. The van der Waals surface area contributed by atoms with Gasteiger partial charge in [-0.15, -0.1) is 10.2 Å². The summed E-state index contributed by atoms with van der Waals surface area (Å²) < 4.78 is 3.35. The Morgan fingerprint density at radius 3 is 2.83 bits per heavy atom. The van der Waals surface area contributed by atoms with E-state index in [0.717, 1.165) is 13.0 Å². The normalized spacial score (nSPS) is 14.2. The molecule has 2 aromatic rings. The molecule has 92 valence electrons. The molecule has 0 amide bonds. The Balaban J connectivity index is 2.00. The second-order valence-corrected chi connectivity index (χ2v) is 4.05. The number of anilines is 1. The lowest BCUT2D eigenvalue weighted by molar-refractivity contribution is 0.601. The smallest absolute Gasteiger partial charge is 0.296 e. The van der Waals surface area contributed by atoms with E-state index in [1.54, 1.807) is 33.9 Å². The molecule has 0 fully saturated rings. The second kappa shape index (κ2) is 4.10. The van der Waals surface area contributed by atoms with Crippen molar-refractivity contribution in [2.24, 2.45) is 10.2 Å². The number of nitrogens with zero attached hydrogens (tertiary/aromatic N) is 5. The highest BCUT2D eigenvalue weighted by Crippen LogP contribution is 2.23. The predicted molar refractivity (Wildman–Crippen MR) is 66.1 cm³/mol. The number of nitrogens with two attached hydrogens (primary N) is 1. The summed E-state index contributed by atoms with van der Waals surface area (Å²) in [6, 6.07) is 3.51. The van der Waals surface area contributed by atoms with Crippen molar-refractivity contribution in [3.63, 3.8) is 0 Å². The average molecular weight is 244 g/mol. The lowest BCUT2D eigenvalue weighted by Gasteiger charge is -1.98. The summed E-state index contributed by atoms with van der Waals surface area (Å²) in [5, 5.41) is 7.91. The van der Waals surface area contributed by atoms with E-state index in [1.165, 1.54) is 0 Å². The van der Waals surface area contributed by atoms with Gasteiger partial charge < -0.3 is 5.73 Å². The summed E-state index contributed by atoms with van der Waals surface area (Å²) in [4.78, 5) is 15.9. The molecule has 0 radical (unpaired) electrons.